The molecule has 1 aliphatic heterocycles. The van der Waals surface area contributed by atoms with Crippen molar-refractivity contribution in [3.05, 3.63) is 69.8 Å². The van der Waals surface area contributed by atoms with Gasteiger partial charge >= 0.3 is 0 Å². The van der Waals surface area contributed by atoms with Gasteiger partial charge in [0.25, 0.3) is 11.6 Å². The number of benzene rings is 2. The summed E-state index contributed by atoms with van der Waals surface area (Å²) in [6, 6.07) is 14.2. The van der Waals surface area contributed by atoms with E-state index in [4.69, 9.17) is 0 Å². The average Bonchev–Trinajstić information content (AvgIpc) is 3.03. The lowest BCUT2D eigenvalue weighted by Gasteiger charge is -2.27. The van der Waals surface area contributed by atoms with E-state index in [1.165, 1.54) is 29.4 Å². The lowest BCUT2D eigenvalue weighted by molar-refractivity contribution is -0.384. The minimum atomic E-state index is -0.499. The van der Waals surface area contributed by atoms with Crippen molar-refractivity contribution >= 4 is 17.3 Å². The van der Waals surface area contributed by atoms with Crippen LogP contribution in [0.25, 0.3) is 0 Å². The Balaban J connectivity index is 1.63. The summed E-state index contributed by atoms with van der Waals surface area (Å²) >= 11 is 0. The zero-order valence-corrected chi connectivity index (χ0v) is 13.4. The molecule has 1 amide bonds. The molecule has 124 valence electrons. The second kappa shape index (κ2) is 6.70. The fourth-order valence-electron chi connectivity index (χ4n) is 3.03. The van der Waals surface area contributed by atoms with Crippen LogP contribution in [0, 0.1) is 10.1 Å². The van der Waals surface area contributed by atoms with Gasteiger partial charge < -0.3 is 10.2 Å². The van der Waals surface area contributed by atoms with Crippen LogP contribution >= 0.6 is 0 Å². The Morgan fingerprint density at radius 1 is 1.29 bits per heavy atom. The first kappa shape index (κ1) is 16.0. The van der Waals surface area contributed by atoms with E-state index in [0.717, 1.165) is 13.0 Å². The number of hydrogen-bond acceptors (Lipinski definition) is 4. The van der Waals surface area contributed by atoms with Crippen LogP contribution < -0.4 is 10.2 Å². The predicted molar refractivity (Wildman–Crippen MR) is 92.4 cm³/mol. The summed E-state index contributed by atoms with van der Waals surface area (Å²) in [5.74, 6) is -0.293. The fraction of sp³-hybridized carbons (Fsp3) is 0.278. The molecule has 0 aliphatic carbocycles. The summed E-state index contributed by atoms with van der Waals surface area (Å²) < 4.78 is 0. The molecule has 6 heteroatoms. The predicted octanol–water partition coefficient (Wildman–Crippen LogP) is 2.78. The molecular formula is C18H19N3O3. The van der Waals surface area contributed by atoms with E-state index in [2.05, 4.69) is 29.3 Å². The van der Waals surface area contributed by atoms with E-state index >= 15 is 0 Å². The number of non-ortho nitro benzene ring substituents is 1. The van der Waals surface area contributed by atoms with Crippen molar-refractivity contribution < 1.29 is 9.72 Å². The topological polar surface area (TPSA) is 75.5 Å². The van der Waals surface area contributed by atoms with Crippen LogP contribution in [0.1, 0.15) is 22.8 Å². The van der Waals surface area contributed by atoms with Gasteiger partial charge in [-0.05, 0) is 31.0 Å². The number of para-hydroxylation sites is 1. The van der Waals surface area contributed by atoms with Gasteiger partial charge in [-0.1, -0.05) is 24.3 Å². The van der Waals surface area contributed by atoms with E-state index in [1.54, 1.807) is 6.07 Å². The third kappa shape index (κ3) is 3.22. The molecule has 6 nitrogen and oxygen atoms in total. The molecule has 0 bridgehead atoms. The summed E-state index contributed by atoms with van der Waals surface area (Å²) in [7, 11) is 0. The number of nitrogens with one attached hydrogen (secondary N) is 1. The van der Waals surface area contributed by atoms with Gasteiger partial charge in [-0.15, -0.1) is 0 Å². The molecule has 0 saturated heterocycles. The van der Waals surface area contributed by atoms with Crippen molar-refractivity contribution in [2.45, 2.75) is 19.4 Å². The average molecular weight is 325 g/mol. The largest absolute Gasteiger partial charge is 0.366 e. The number of nitro groups is 1. The molecule has 0 fully saturated rings. The SMILES string of the molecule is CC(CNC(=O)c1cccc([N+](=O)[O-])c1)N1CCc2ccccc21. The van der Waals surface area contributed by atoms with Gasteiger partial charge in [0.1, 0.15) is 0 Å². The second-order valence-electron chi connectivity index (χ2n) is 5.94. The monoisotopic (exact) mass is 325 g/mol. The maximum Gasteiger partial charge on any atom is 0.270 e. The lowest BCUT2D eigenvalue weighted by Crippen LogP contribution is -2.41. The number of anilines is 1. The number of hydrogen-bond donors (Lipinski definition) is 1. The molecule has 0 radical (unpaired) electrons. The maximum absolute atomic E-state index is 12.2. The standard InChI is InChI=1S/C18H19N3O3/c1-13(20-10-9-14-5-2-3-8-17(14)20)12-19-18(22)15-6-4-7-16(11-15)21(23)24/h2-8,11,13H,9-10,12H2,1H3,(H,19,22). The molecule has 24 heavy (non-hydrogen) atoms. The molecule has 1 heterocycles. The van der Waals surface area contributed by atoms with Crippen LogP contribution in [0.2, 0.25) is 0 Å². The lowest BCUT2D eigenvalue weighted by atomic mass is 10.1. The number of nitrogens with zero attached hydrogens (tertiary/aromatic N) is 2. The van der Waals surface area contributed by atoms with E-state index < -0.39 is 4.92 Å². The maximum atomic E-state index is 12.2. The number of amides is 1. The third-order valence-electron chi connectivity index (χ3n) is 4.33. The zero-order valence-electron chi connectivity index (χ0n) is 13.4. The Bertz CT molecular complexity index is 776. The van der Waals surface area contributed by atoms with Crippen LogP contribution in [0.4, 0.5) is 11.4 Å². The number of fused-ring (bicyclic) bond motifs is 1. The van der Waals surface area contributed by atoms with E-state index in [1.807, 2.05) is 12.1 Å². The quantitative estimate of drug-likeness (QED) is 0.677. The summed E-state index contributed by atoms with van der Waals surface area (Å²) in [4.78, 5) is 24.8. The van der Waals surface area contributed by atoms with Crippen LogP contribution in [0.5, 0.6) is 0 Å². The summed E-state index contributed by atoms with van der Waals surface area (Å²) in [6.45, 7) is 3.48. The molecule has 0 aromatic heterocycles. The van der Waals surface area contributed by atoms with Crippen molar-refractivity contribution in [3.8, 4) is 0 Å². The molecule has 0 spiro atoms. The molecular weight excluding hydrogens is 306 g/mol. The highest BCUT2D eigenvalue weighted by Crippen LogP contribution is 2.28. The van der Waals surface area contributed by atoms with Crippen molar-refractivity contribution in [3.63, 3.8) is 0 Å². The van der Waals surface area contributed by atoms with Gasteiger partial charge in [-0.2, -0.15) is 0 Å². The van der Waals surface area contributed by atoms with Gasteiger partial charge in [0.05, 0.1) is 4.92 Å². The summed E-state index contributed by atoms with van der Waals surface area (Å²) in [6.07, 6.45) is 1.01. The molecule has 1 unspecified atom stereocenters. The highest BCUT2D eigenvalue weighted by Gasteiger charge is 2.23. The Hall–Kier alpha value is -2.89. The van der Waals surface area contributed by atoms with Crippen molar-refractivity contribution in [2.75, 3.05) is 18.0 Å². The normalized spacial score (nSPS) is 14.1. The van der Waals surface area contributed by atoms with Crippen molar-refractivity contribution in [1.82, 2.24) is 5.32 Å². The van der Waals surface area contributed by atoms with Crippen molar-refractivity contribution in [1.29, 1.82) is 0 Å². The first-order chi connectivity index (χ1) is 11.6. The number of carbonyl (C=O) groups excluding carboxylic acids is 1. The molecule has 2 aromatic rings. The van der Waals surface area contributed by atoms with Crippen LogP contribution in [0.15, 0.2) is 48.5 Å². The Morgan fingerprint density at radius 2 is 2.08 bits per heavy atom. The van der Waals surface area contributed by atoms with Crippen LogP contribution in [-0.4, -0.2) is 30.0 Å². The van der Waals surface area contributed by atoms with Gasteiger partial charge in [0, 0.05) is 42.5 Å². The third-order valence-corrected chi connectivity index (χ3v) is 4.33. The highest BCUT2D eigenvalue weighted by atomic mass is 16.6. The summed E-state index contributed by atoms with van der Waals surface area (Å²) in [5, 5.41) is 13.7. The molecule has 2 aromatic carbocycles. The van der Waals surface area contributed by atoms with Crippen LogP contribution in [0.3, 0.4) is 0 Å². The summed E-state index contributed by atoms with van der Waals surface area (Å²) in [5.41, 5.74) is 2.77. The number of nitro benzene ring substituents is 1. The van der Waals surface area contributed by atoms with E-state index in [-0.39, 0.29) is 17.6 Å². The highest BCUT2D eigenvalue weighted by molar-refractivity contribution is 5.94. The van der Waals surface area contributed by atoms with Gasteiger partial charge in [0.15, 0.2) is 0 Å². The molecule has 0 saturated carbocycles. The van der Waals surface area contributed by atoms with Gasteiger partial charge in [-0.3, -0.25) is 14.9 Å². The van der Waals surface area contributed by atoms with E-state index in [9.17, 15) is 14.9 Å². The van der Waals surface area contributed by atoms with Crippen LogP contribution in [-0.2, 0) is 6.42 Å². The Labute approximate surface area is 140 Å². The minimum absolute atomic E-state index is 0.0795. The smallest absolute Gasteiger partial charge is 0.270 e. The number of rotatable bonds is 5. The molecule has 1 aliphatic rings. The Morgan fingerprint density at radius 3 is 2.88 bits per heavy atom. The fourth-order valence-corrected chi connectivity index (χ4v) is 3.03. The second-order valence-corrected chi connectivity index (χ2v) is 5.94. The molecule has 1 atom stereocenters. The molecule has 1 N–H and O–H groups in total. The van der Waals surface area contributed by atoms with Crippen molar-refractivity contribution in [2.24, 2.45) is 0 Å². The first-order valence-electron chi connectivity index (χ1n) is 7.93. The molecule has 3 rings (SSSR count). The zero-order chi connectivity index (χ0) is 17.1. The van der Waals surface area contributed by atoms with Gasteiger partial charge in [-0.25, -0.2) is 0 Å². The number of carbonyl (C=O) groups is 1. The van der Waals surface area contributed by atoms with Gasteiger partial charge in [0.2, 0.25) is 0 Å². The Kier molecular flexibility index (Phi) is 4.46. The van der Waals surface area contributed by atoms with E-state index in [0.29, 0.717) is 12.1 Å². The first-order valence-corrected chi connectivity index (χ1v) is 7.93. The minimum Gasteiger partial charge on any atom is -0.366 e.